The summed E-state index contributed by atoms with van der Waals surface area (Å²) in [4.78, 5) is 38.1. The summed E-state index contributed by atoms with van der Waals surface area (Å²) in [5, 5.41) is 0. The molecule has 0 saturated heterocycles. The van der Waals surface area contributed by atoms with E-state index in [1.54, 1.807) is 0 Å². The van der Waals surface area contributed by atoms with Gasteiger partial charge in [0.2, 0.25) is 0 Å². The quantitative estimate of drug-likeness (QED) is 0.0199. The highest BCUT2D eigenvalue weighted by Gasteiger charge is 2.19. The Morgan fingerprint density at radius 2 is 0.632 bits per heavy atom. The van der Waals surface area contributed by atoms with Gasteiger partial charge in [0.05, 0.1) is 0 Å². The topological polar surface area (TPSA) is 78.9 Å². The molecular formula is C62H100O6. The molecule has 0 aromatic carbocycles. The van der Waals surface area contributed by atoms with Gasteiger partial charge in [-0.3, -0.25) is 14.4 Å². The van der Waals surface area contributed by atoms with Gasteiger partial charge in [0.25, 0.3) is 0 Å². The van der Waals surface area contributed by atoms with Crippen LogP contribution in [-0.2, 0) is 28.6 Å². The normalized spacial score (nSPS) is 13.0. The van der Waals surface area contributed by atoms with Crippen LogP contribution in [0.2, 0.25) is 0 Å². The predicted octanol–water partition coefficient (Wildman–Crippen LogP) is 18.5. The molecule has 0 rings (SSSR count). The summed E-state index contributed by atoms with van der Waals surface area (Å²) in [6.07, 6.45) is 76.0. The predicted molar refractivity (Wildman–Crippen MR) is 293 cm³/mol. The number of rotatable bonds is 48. The summed E-state index contributed by atoms with van der Waals surface area (Å²) in [5.41, 5.74) is 0. The van der Waals surface area contributed by atoms with Gasteiger partial charge >= 0.3 is 17.9 Å². The van der Waals surface area contributed by atoms with Crippen LogP contribution in [0.15, 0.2) is 122 Å². The Hall–Kier alpha value is -4.19. The summed E-state index contributed by atoms with van der Waals surface area (Å²) in [7, 11) is 0. The minimum absolute atomic E-state index is 0.114. The molecule has 6 nitrogen and oxygen atoms in total. The van der Waals surface area contributed by atoms with Gasteiger partial charge in [-0.2, -0.15) is 0 Å². The molecule has 6 heteroatoms. The molecule has 0 fully saturated rings. The molecule has 0 saturated carbocycles. The molecule has 1 unspecified atom stereocenters. The first kappa shape index (κ1) is 63.8. The van der Waals surface area contributed by atoms with Crippen LogP contribution in [0.25, 0.3) is 0 Å². The number of hydrogen-bond acceptors (Lipinski definition) is 6. The molecule has 0 aromatic heterocycles. The van der Waals surface area contributed by atoms with Crippen molar-refractivity contribution < 1.29 is 28.6 Å². The van der Waals surface area contributed by atoms with E-state index in [4.69, 9.17) is 14.2 Å². The third-order valence-electron chi connectivity index (χ3n) is 11.3. The van der Waals surface area contributed by atoms with Crippen molar-refractivity contribution in [3.8, 4) is 0 Å². The molecule has 0 N–H and O–H groups in total. The highest BCUT2D eigenvalue weighted by atomic mass is 16.6. The molecule has 0 aliphatic heterocycles. The summed E-state index contributed by atoms with van der Waals surface area (Å²) in [6.45, 7) is 6.43. The fourth-order valence-corrected chi connectivity index (χ4v) is 7.11. The second-order valence-electron chi connectivity index (χ2n) is 17.9. The molecular weight excluding hydrogens is 841 g/mol. The van der Waals surface area contributed by atoms with E-state index >= 15 is 0 Å². The largest absolute Gasteiger partial charge is 0.462 e. The van der Waals surface area contributed by atoms with Crippen molar-refractivity contribution in [2.45, 2.75) is 239 Å². The maximum atomic E-state index is 12.8. The van der Waals surface area contributed by atoms with Crippen molar-refractivity contribution in [1.82, 2.24) is 0 Å². The third kappa shape index (κ3) is 52.8. The van der Waals surface area contributed by atoms with E-state index in [0.29, 0.717) is 19.3 Å². The van der Waals surface area contributed by atoms with Crippen molar-refractivity contribution in [2.75, 3.05) is 13.2 Å². The van der Waals surface area contributed by atoms with Crippen LogP contribution in [0, 0.1) is 0 Å². The van der Waals surface area contributed by atoms with Crippen LogP contribution in [0.4, 0.5) is 0 Å². The summed E-state index contributed by atoms with van der Waals surface area (Å²) in [5.74, 6) is -1.00. The van der Waals surface area contributed by atoms with Gasteiger partial charge < -0.3 is 14.2 Å². The Kier molecular flexibility index (Phi) is 52.0. The first-order valence-electron chi connectivity index (χ1n) is 27.6. The average Bonchev–Trinajstić information content (AvgIpc) is 3.34. The van der Waals surface area contributed by atoms with Crippen molar-refractivity contribution in [3.05, 3.63) is 122 Å². The number of carbonyl (C=O) groups is 3. The molecule has 0 aromatic rings. The van der Waals surface area contributed by atoms with E-state index in [9.17, 15) is 14.4 Å². The Balaban J connectivity index is 4.56. The molecule has 0 amide bonds. The molecule has 0 aliphatic carbocycles. The number of allylic oxidation sites excluding steroid dienone is 20. The lowest BCUT2D eigenvalue weighted by Gasteiger charge is -2.18. The van der Waals surface area contributed by atoms with E-state index in [2.05, 4.69) is 112 Å². The number of unbranched alkanes of at least 4 members (excludes halogenated alkanes) is 21. The Morgan fingerprint density at radius 3 is 1.10 bits per heavy atom. The molecule has 0 radical (unpaired) electrons. The highest BCUT2D eigenvalue weighted by molar-refractivity contribution is 5.71. The molecule has 0 aliphatic rings. The van der Waals surface area contributed by atoms with Gasteiger partial charge in [-0.15, -0.1) is 0 Å². The third-order valence-corrected chi connectivity index (χ3v) is 11.3. The minimum atomic E-state index is -0.823. The van der Waals surface area contributed by atoms with E-state index in [0.717, 1.165) is 89.9 Å². The zero-order valence-electron chi connectivity index (χ0n) is 43.8. The standard InChI is InChI=1S/C62H100O6/c1-4-7-10-13-16-19-22-25-28-30-32-34-37-40-43-46-49-52-55-61(64)67-58-59(57-66-60(63)54-51-48-45-42-39-36-33-27-24-21-18-15-12-9-6-3)68-62(65)56-53-50-47-44-41-38-35-31-29-26-23-20-17-14-11-8-5-2/h10,13,16-17,19-22,24-26,28-30,32,34-35,38,44,47,59H,4-9,11-12,14-15,18,23,27,31,33,36-37,39-43,45-46,48-58H2,1-3H3/b13-10-,19-16-,20-17-,24-21-,25-22-,29-26-,30-28-,34-32-,38-35-,47-44-. The monoisotopic (exact) mass is 941 g/mol. The first-order valence-corrected chi connectivity index (χ1v) is 27.6. The first-order chi connectivity index (χ1) is 33.5. The zero-order chi connectivity index (χ0) is 49.3. The summed E-state index contributed by atoms with van der Waals surface area (Å²) >= 11 is 0. The molecule has 0 bridgehead atoms. The van der Waals surface area contributed by atoms with E-state index < -0.39 is 6.10 Å². The van der Waals surface area contributed by atoms with Gasteiger partial charge in [0.1, 0.15) is 13.2 Å². The van der Waals surface area contributed by atoms with Crippen molar-refractivity contribution in [2.24, 2.45) is 0 Å². The van der Waals surface area contributed by atoms with E-state index in [1.807, 2.05) is 30.4 Å². The Morgan fingerprint density at radius 1 is 0.309 bits per heavy atom. The molecule has 0 heterocycles. The van der Waals surface area contributed by atoms with Gasteiger partial charge in [0.15, 0.2) is 6.10 Å². The molecule has 68 heavy (non-hydrogen) atoms. The number of ether oxygens (including phenoxy) is 3. The van der Waals surface area contributed by atoms with Gasteiger partial charge in [-0.25, -0.2) is 0 Å². The lowest BCUT2D eigenvalue weighted by atomic mass is 10.1. The summed E-state index contributed by atoms with van der Waals surface area (Å²) in [6, 6.07) is 0. The fourth-order valence-electron chi connectivity index (χ4n) is 7.11. The highest BCUT2D eigenvalue weighted by Crippen LogP contribution is 2.13. The molecule has 0 spiro atoms. The lowest BCUT2D eigenvalue weighted by molar-refractivity contribution is -0.167. The van der Waals surface area contributed by atoms with Crippen molar-refractivity contribution >= 4 is 17.9 Å². The Labute approximate surface area is 418 Å². The van der Waals surface area contributed by atoms with Gasteiger partial charge in [-0.1, -0.05) is 232 Å². The van der Waals surface area contributed by atoms with E-state index in [-0.39, 0.29) is 37.5 Å². The Bertz CT molecular complexity index is 1450. The second-order valence-corrected chi connectivity index (χ2v) is 17.9. The second kappa shape index (κ2) is 55.4. The fraction of sp³-hybridized carbons (Fsp3) is 0.629. The summed E-state index contributed by atoms with van der Waals surface area (Å²) < 4.78 is 16.8. The number of esters is 3. The smallest absolute Gasteiger partial charge is 0.306 e. The van der Waals surface area contributed by atoms with Crippen LogP contribution in [0.3, 0.4) is 0 Å². The number of hydrogen-bond donors (Lipinski definition) is 0. The van der Waals surface area contributed by atoms with Crippen LogP contribution < -0.4 is 0 Å². The van der Waals surface area contributed by atoms with Crippen LogP contribution in [0.5, 0.6) is 0 Å². The molecule has 384 valence electrons. The van der Waals surface area contributed by atoms with Gasteiger partial charge in [0, 0.05) is 19.3 Å². The number of carbonyl (C=O) groups excluding carboxylic acids is 3. The zero-order valence-corrected chi connectivity index (χ0v) is 43.8. The van der Waals surface area contributed by atoms with E-state index in [1.165, 1.54) is 96.3 Å². The van der Waals surface area contributed by atoms with Crippen LogP contribution in [-0.4, -0.2) is 37.2 Å². The average molecular weight is 941 g/mol. The maximum absolute atomic E-state index is 12.8. The lowest BCUT2D eigenvalue weighted by Crippen LogP contribution is -2.30. The van der Waals surface area contributed by atoms with Crippen LogP contribution >= 0.6 is 0 Å². The SMILES string of the molecule is CCC\C=C/C=C\C=C/C=C\C=C/CCCCCCCC(=O)OCC(COC(=O)CCCCCCCCC/C=C\CCCCCC)OC(=O)CCC/C=C\C/C=C\C/C=C\C/C=C\CCCCC. The van der Waals surface area contributed by atoms with Crippen molar-refractivity contribution in [1.29, 1.82) is 0 Å². The minimum Gasteiger partial charge on any atom is -0.462 e. The maximum Gasteiger partial charge on any atom is 0.306 e. The van der Waals surface area contributed by atoms with Crippen LogP contribution in [0.1, 0.15) is 233 Å². The molecule has 1 atom stereocenters. The van der Waals surface area contributed by atoms with Crippen molar-refractivity contribution in [3.63, 3.8) is 0 Å². The van der Waals surface area contributed by atoms with Gasteiger partial charge in [-0.05, 0) is 103 Å².